The normalized spacial score (nSPS) is 16.9. The molecule has 0 bridgehead atoms. The third kappa shape index (κ3) is 3.50. The molecule has 0 aliphatic heterocycles. The van der Waals surface area contributed by atoms with Gasteiger partial charge in [-0.05, 0) is 43.4 Å². The van der Waals surface area contributed by atoms with Crippen LogP contribution in [0.2, 0.25) is 0 Å². The van der Waals surface area contributed by atoms with Crippen LogP contribution in [-0.2, 0) is 10.0 Å². The molecule has 0 amide bonds. The minimum Gasteiger partial charge on any atom is -0.383 e. The molecule has 1 aromatic carbocycles. The first-order valence-corrected chi connectivity index (χ1v) is 8.54. The van der Waals surface area contributed by atoms with Crippen LogP contribution in [0.3, 0.4) is 0 Å². The van der Waals surface area contributed by atoms with Gasteiger partial charge in [-0.3, -0.25) is 0 Å². The highest BCUT2D eigenvalue weighted by Crippen LogP contribution is 2.44. The molecule has 6 heteroatoms. The van der Waals surface area contributed by atoms with Crippen LogP contribution in [0.4, 0.5) is 5.69 Å². The van der Waals surface area contributed by atoms with Gasteiger partial charge < -0.3 is 11.1 Å². The molecule has 0 aromatic heterocycles. The molecule has 2 rings (SSSR count). The van der Waals surface area contributed by atoms with Crippen LogP contribution >= 0.6 is 0 Å². The molecule has 1 fully saturated rings. The number of rotatable bonds is 8. The number of nitrogens with one attached hydrogen (secondary N) is 2. The molecule has 0 unspecified atom stereocenters. The van der Waals surface area contributed by atoms with E-state index >= 15 is 0 Å². The van der Waals surface area contributed by atoms with E-state index in [0.717, 1.165) is 25.8 Å². The van der Waals surface area contributed by atoms with E-state index in [4.69, 9.17) is 5.73 Å². The van der Waals surface area contributed by atoms with Gasteiger partial charge in [0.1, 0.15) is 4.90 Å². The molecule has 20 heavy (non-hydrogen) atoms. The van der Waals surface area contributed by atoms with Crippen LogP contribution in [0.25, 0.3) is 0 Å². The van der Waals surface area contributed by atoms with Gasteiger partial charge in [0, 0.05) is 13.1 Å². The van der Waals surface area contributed by atoms with Crippen molar-refractivity contribution in [2.45, 2.75) is 31.1 Å². The summed E-state index contributed by atoms with van der Waals surface area (Å²) in [6, 6.07) is 7.00. The van der Waals surface area contributed by atoms with Crippen LogP contribution in [0.1, 0.15) is 26.2 Å². The highest BCUT2D eigenvalue weighted by molar-refractivity contribution is 7.89. The summed E-state index contributed by atoms with van der Waals surface area (Å²) in [6.07, 6.45) is 2.99. The van der Waals surface area contributed by atoms with Crippen molar-refractivity contribution in [3.8, 4) is 0 Å². The van der Waals surface area contributed by atoms with Crippen molar-refractivity contribution in [2.75, 3.05) is 25.0 Å². The van der Waals surface area contributed by atoms with E-state index in [2.05, 4.69) is 10.0 Å². The van der Waals surface area contributed by atoms with Gasteiger partial charge in [-0.1, -0.05) is 19.1 Å². The predicted octanol–water partition coefficient (Wildman–Crippen LogP) is 1.53. The van der Waals surface area contributed by atoms with Crippen molar-refractivity contribution in [3.63, 3.8) is 0 Å². The molecule has 0 atom stereocenters. The molecule has 5 nitrogen and oxygen atoms in total. The van der Waals surface area contributed by atoms with Gasteiger partial charge in [0.15, 0.2) is 0 Å². The van der Waals surface area contributed by atoms with Crippen LogP contribution < -0.4 is 15.8 Å². The average molecular weight is 297 g/mol. The Balaban J connectivity index is 2.13. The van der Waals surface area contributed by atoms with Crippen LogP contribution in [-0.4, -0.2) is 28.1 Å². The summed E-state index contributed by atoms with van der Waals surface area (Å²) in [5.41, 5.74) is 6.56. The summed E-state index contributed by atoms with van der Waals surface area (Å²) in [6.45, 7) is 3.75. The number of nitrogens with two attached hydrogens (primary N) is 1. The third-order valence-electron chi connectivity index (χ3n) is 3.76. The lowest BCUT2D eigenvalue weighted by atomic mass is 10.1. The zero-order chi connectivity index (χ0) is 14.6. The molecule has 1 aliphatic rings. The van der Waals surface area contributed by atoms with Crippen molar-refractivity contribution in [2.24, 2.45) is 11.1 Å². The van der Waals surface area contributed by atoms with Crippen molar-refractivity contribution < 1.29 is 8.42 Å². The lowest BCUT2D eigenvalue weighted by Gasteiger charge is -2.17. The fourth-order valence-corrected chi connectivity index (χ4v) is 3.39. The third-order valence-corrected chi connectivity index (χ3v) is 5.28. The lowest BCUT2D eigenvalue weighted by molar-refractivity contribution is 0.554. The van der Waals surface area contributed by atoms with E-state index in [9.17, 15) is 8.42 Å². The van der Waals surface area contributed by atoms with Gasteiger partial charge in [-0.15, -0.1) is 0 Å². The zero-order valence-corrected chi connectivity index (χ0v) is 12.7. The van der Waals surface area contributed by atoms with Gasteiger partial charge in [0.25, 0.3) is 0 Å². The SMILES string of the molecule is CCCNS(=O)(=O)c1ccccc1NCC1(CN)CC1. The Morgan fingerprint density at radius 1 is 1.30 bits per heavy atom. The number of anilines is 1. The van der Waals surface area contributed by atoms with E-state index in [0.29, 0.717) is 23.7 Å². The zero-order valence-electron chi connectivity index (χ0n) is 11.9. The van der Waals surface area contributed by atoms with Crippen molar-refractivity contribution in [1.82, 2.24) is 4.72 Å². The Morgan fingerprint density at radius 3 is 2.60 bits per heavy atom. The molecule has 4 N–H and O–H groups in total. The Labute approximate surface area is 121 Å². The van der Waals surface area contributed by atoms with E-state index in [1.807, 2.05) is 13.0 Å². The Bertz CT molecular complexity index is 553. The van der Waals surface area contributed by atoms with Gasteiger partial charge in [0.2, 0.25) is 10.0 Å². The minimum absolute atomic E-state index is 0.160. The average Bonchev–Trinajstić information content (AvgIpc) is 3.24. The molecule has 112 valence electrons. The first kappa shape index (κ1) is 15.3. The molecule has 0 saturated heterocycles. The topological polar surface area (TPSA) is 84.2 Å². The monoisotopic (exact) mass is 297 g/mol. The van der Waals surface area contributed by atoms with Gasteiger partial charge in [-0.2, -0.15) is 0 Å². The summed E-state index contributed by atoms with van der Waals surface area (Å²) in [7, 11) is -3.45. The molecule has 1 saturated carbocycles. The maximum Gasteiger partial charge on any atom is 0.242 e. The summed E-state index contributed by atoms with van der Waals surface area (Å²) >= 11 is 0. The first-order valence-electron chi connectivity index (χ1n) is 7.06. The summed E-state index contributed by atoms with van der Waals surface area (Å²) < 4.78 is 27.1. The fraction of sp³-hybridized carbons (Fsp3) is 0.571. The van der Waals surface area contributed by atoms with Crippen LogP contribution in [0, 0.1) is 5.41 Å². The number of hydrogen-bond donors (Lipinski definition) is 3. The number of hydrogen-bond acceptors (Lipinski definition) is 4. The second-order valence-electron chi connectivity index (χ2n) is 5.45. The molecule has 0 heterocycles. The molecular formula is C14H23N3O2S. The summed E-state index contributed by atoms with van der Waals surface area (Å²) in [5, 5.41) is 3.25. The quantitative estimate of drug-likeness (QED) is 0.679. The molecular weight excluding hydrogens is 274 g/mol. The van der Waals surface area contributed by atoms with Crippen LogP contribution in [0.15, 0.2) is 29.2 Å². The second-order valence-corrected chi connectivity index (χ2v) is 7.19. The van der Waals surface area contributed by atoms with Gasteiger partial charge in [-0.25, -0.2) is 13.1 Å². The standard InChI is InChI=1S/C14H23N3O2S/c1-2-9-17-20(18,19)13-6-4-3-5-12(13)16-11-14(10-15)7-8-14/h3-6,16-17H,2,7-11,15H2,1H3. The van der Waals surface area contributed by atoms with Crippen molar-refractivity contribution in [1.29, 1.82) is 0 Å². The van der Waals surface area contributed by atoms with Crippen molar-refractivity contribution in [3.05, 3.63) is 24.3 Å². The maximum absolute atomic E-state index is 12.2. The Morgan fingerprint density at radius 2 is 2.00 bits per heavy atom. The molecule has 0 spiro atoms. The van der Waals surface area contributed by atoms with E-state index in [-0.39, 0.29) is 5.41 Å². The first-order chi connectivity index (χ1) is 9.53. The largest absolute Gasteiger partial charge is 0.383 e. The number of para-hydroxylation sites is 1. The van der Waals surface area contributed by atoms with E-state index < -0.39 is 10.0 Å². The van der Waals surface area contributed by atoms with Gasteiger partial charge >= 0.3 is 0 Å². The van der Waals surface area contributed by atoms with E-state index in [1.165, 1.54) is 0 Å². The highest BCUT2D eigenvalue weighted by Gasteiger charge is 2.41. The molecule has 1 aromatic rings. The van der Waals surface area contributed by atoms with Crippen molar-refractivity contribution >= 4 is 15.7 Å². The van der Waals surface area contributed by atoms with Crippen LogP contribution in [0.5, 0.6) is 0 Å². The summed E-state index contributed by atoms with van der Waals surface area (Å²) in [5.74, 6) is 0. The predicted molar refractivity (Wildman–Crippen MR) is 81.1 cm³/mol. The number of sulfonamides is 1. The maximum atomic E-state index is 12.2. The lowest BCUT2D eigenvalue weighted by Crippen LogP contribution is -2.27. The van der Waals surface area contributed by atoms with Gasteiger partial charge in [0.05, 0.1) is 5.69 Å². The highest BCUT2D eigenvalue weighted by atomic mass is 32.2. The minimum atomic E-state index is -3.45. The smallest absolute Gasteiger partial charge is 0.242 e. The summed E-state index contributed by atoms with van der Waals surface area (Å²) in [4.78, 5) is 0.307. The molecule has 0 radical (unpaired) electrons. The second kappa shape index (κ2) is 6.11. The number of benzene rings is 1. The molecule has 1 aliphatic carbocycles. The fourth-order valence-electron chi connectivity index (χ4n) is 2.07. The Hall–Kier alpha value is -1.11. The Kier molecular flexibility index (Phi) is 4.67. The van der Waals surface area contributed by atoms with E-state index in [1.54, 1.807) is 18.2 Å².